The Bertz CT molecular complexity index is 1680. The lowest BCUT2D eigenvalue weighted by Gasteiger charge is -2.25. The molecule has 2 unspecified atom stereocenters. The minimum atomic E-state index is -0.0690. The summed E-state index contributed by atoms with van der Waals surface area (Å²) < 4.78 is 5.20. The summed E-state index contributed by atoms with van der Waals surface area (Å²) in [4.78, 5) is 14.4. The SMILES string of the molecule is C1=NC2C(N=CN2c2cccc3c2sc2ccccc23)N1c1cccc2c1sc1ccccc12. The summed E-state index contributed by atoms with van der Waals surface area (Å²) in [6.07, 6.45) is 3.81. The van der Waals surface area contributed by atoms with Gasteiger partial charge in [0.05, 0.1) is 33.5 Å². The predicted molar refractivity (Wildman–Crippen MR) is 148 cm³/mol. The van der Waals surface area contributed by atoms with Gasteiger partial charge in [-0.3, -0.25) is 0 Å². The number of benzene rings is 4. The fourth-order valence-electron chi connectivity index (χ4n) is 5.28. The predicted octanol–water partition coefficient (Wildman–Crippen LogP) is 7.47. The van der Waals surface area contributed by atoms with Gasteiger partial charge in [-0.2, -0.15) is 0 Å². The van der Waals surface area contributed by atoms with Crippen LogP contribution in [0.15, 0.2) is 94.9 Å². The fourth-order valence-corrected chi connectivity index (χ4v) is 7.72. The van der Waals surface area contributed by atoms with Crippen molar-refractivity contribution >= 4 is 87.1 Å². The highest BCUT2D eigenvalue weighted by atomic mass is 32.1. The number of hydrogen-bond donors (Lipinski definition) is 0. The highest BCUT2D eigenvalue weighted by Gasteiger charge is 2.40. The highest BCUT2D eigenvalue weighted by molar-refractivity contribution is 7.26. The maximum absolute atomic E-state index is 4.95. The molecule has 4 nitrogen and oxygen atoms in total. The molecule has 2 atom stereocenters. The van der Waals surface area contributed by atoms with Crippen molar-refractivity contribution in [3.8, 4) is 0 Å². The number of rotatable bonds is 2. The number of aliphatic imine (C=N–C) groups is 2. The molecule has 2 aliphatic rings. The molecular weight excluding hydrogens is 456 g/mol. The smallest absolute Gasteiger partial charge is 0.169 e. The average molecular weight is 475 g/mol. The van der Waals surface area contributed by atoms with E-state index in [1.54, 1.807) is 0 Å². The molecule has 4 aromatic carbocycles. The molecule has 4 heterocycles. The lowest BCUT2D eigenvalue weighted by molar-refractivity contribution is 0.630. The molecule has 0 fully saturated rings. The molecule has 2 aliphatic heterocycles. The van der Waals surface area contributed by atoms with Crippen LogP contribution < -0.4 is 9.80 Å². The van der Waals surface area contributed by atoms with Gasteiger partial charge in [0.1, 0.15) is 0 Å². The number of hydrogen-bond acceptors (Lipinski definition) is 6. The van der Waals surface area contributed by atoms with Gasteiger partial charge in [-0.1, -0.05) is 60.7 Å². The van der Waals surface area contributed by atoms with Crippen LogP contribution in [-0.2, 0) is 0 Å². The van der Waals surface area contributed by atoms with E-state index in [0.29, 0.717) is 0 Å². The van der Waals surface area contributed by atoms with E-state index in [2.05, 4.69) is 94.7 Å². The molecule has 0 N–H and O–H groups in total. The van der Waals surface area contributed by atoms with Gasteiger partial charge in [-0.05, 0) is 24.3 Å². The lowest BCUT2D eigenvalue weighted by Crippen LogP contribution is -2.39. The van der Waals surface area contributed by atoms with E-state index < -0.39 is 0 Å². The summed E-state index contributed by atoms with van der Waals surface area (Å²) in [7, 11) is 0. The third kappa shape index (κ3) is 2.47. The van der Waals surface area contributed by atoms with E-state index in [0.717, 1.165) is 0 Å². The zero-order valence-corrected chi connectivity index (χ0v) is 19.6. The number of thiophene rings is 2. The molecule has 34 heavy (non-hydrogen) atoms. The monoisotopic (exact) mass is 474 g/mol. The lowest BCUT2D eigenvalue weighted by atomic mass is 10.1. The van der Waals surface area contributed by atoms with E-state index >= 15 is 0 Å². The summed E-state index contributed by atoms with van der Waals surface area (Å²) in [5, 5.41) is 5.21. The van der Waals surface area contributed by atoms with Gasteiger partial charge in [0.15, 0.2) is 12.3 Å². The number of anilines is 2. The Morgan fingerprint density at radius 2 is 0.941 bits per heavy atom. The van der Waals surface area contributed by atoms with Gasteiger partial charge < -0.3 is 9.80 Å². The van der Waals surface area contributed by atoms with Crippen LogP contribution in [0.1, 0.15) is 0 Å². The van der Waals surface area contributed by atoms with E-state index in [-0.39, 0.29) is 12.3 Å². The zero-order chi connectivity index (χ0) is 22.2. The Hall–Kier alpha value is -3.74. The van der Waals surface area contributed by atoms with Crippen molar-refractivity contribution < 1.29 is 0 Å². The molecule has 162 valence electrons. The fraction of sp³-hybridized carbons (Fsp3) is 0.0714. The number of nitrogens with zero attached hydrogens (tertiary/aromatic N) is 4. The molecule has 0 bridgehead atoms. The molecule has 8 rings (SSSR count). The van der Waals surface area contributed by atoms with Crippen molar-refractivity contribution in [2.24, 2.45) is 9.98 Å². The van der Waals surface area contributed by atoms with Crippen molar-refractivity contribution in [1.82, 2.24) is 0 Å². The standard InChI is InChI=1S/C28H18N4S2/c1-3-13-23-17(7-1)19-9-5-11-21(25(19)33-23)31-15-29-28-27(31)30-16-32(28)22-12-6-10-20-18-8-2-4-14-24(18)34-26(20)22/h1-16,27-28H. The molecule has 0 saturated heterocycles. The van der Waals surface area contributed by atoms with E-state index in [9.17, 15) is 0 Å². The molecule has 0 saturated carbocycles. The highest BCUT2D eigenvalue weighted by Crippen LogP contribution is 2.44. The molecule has 0 radical (unpaired) electrons. The molecule has 0 spiro atoms. The minimum absolute atomic E-state index is 0.0690. The molecule has 0 aliphatic carbocycles. The molecular formula is C28H18N4S2. The van der Waals surface area contributed by atoms with Crippen molar-refractivity contribution in [2.75, 3.05) is 9.80 Å². The largest absolute Gasteiger partial charge is 0.305 e. The molecule has 2 aromatic heterocycles. The van der Waals surface area contributed by atoms with Crippen LogP contribution in [0.3, 0.4) is 0 Å². The number of fused-ring (bicyclic) bond motifs is 7. The van der Waals surface area contributed by atoms with Crippen LogP contribution in [0, 0.1) is 0 Å². The first-order valence-corrected chi connectivity index (χ1v) is 12.9. The van der Waals surface area contributed by atoms with Crippen LogP contribution in [-0.4, -0.2) is 25.0 Å². The van der Waals surface area contributed by atoms with E-state index in [4.69, 9.17) is 9.98 Å². The van der Waals surface area contributed by atoms with Crippen LogP contribution >= 0.6 is 22.7 Å². The quantitative estimate of drug-likeness (QED) is 0.261. The molecule has 6 heteroatoms. The summed E-state index contributed by atoms with van der Waals surface area (Å²) >= 11 is 3.69. The first kappa shape index (κ1) is 18.7. The summed E-state index contributed by atoms with van der Waals surface area (Å²) in [5.74, 6) is 0. The van der Waals surface area contributed by atoms with Gasteiger partial charge in [0.25, 0.3) is 0 Å². The third-order valence-electron chi connectivity index (χ3n) is 6.85. The second-order valence-corrected chi connectivity index (χ2v) is 10.8. The van der Waals surface area contributed by atoms with Gasteiger partial charge in [-0.25, -0.2) is 9.98 Å². The van der Waals surface area contributed by atoms with Gasteiger partial charge in [0.2, 0.25) is 0 Å². The van der Waals surface area contributed by atoms with Crippen molar-refractivity contribution in [1.29, 1.82) is 0 Å². The van der Waals surface area contributed by atoms with Gasteiger partial charge in [0, 0.05) is 30.9 Å². The summed E-state index contributed by atoms with van der Waals surface area (Å²) in [6.45, 7) is 0. The molecule has 6 aromatic rings. The van der Waals surface area contributed by atoms with E-state index in [1.807, 2.05) is 35.4 Å². The minimum Gasteiger partial charge on any atom is -0.305 e. The second-order valence-electron chi connectivity index (χ2n) is 8.67. The zero-order valence-electron chi connectivity index (χ0n) is 18.0. The van der Waals surface area contributed by atoms with E-state index in [1.165, 1.54) is 51.7 Å². The van der Waals surface area contributed by atoms with Crippen LogP contribution in [0.4, 0.5) is 11.4 Å². The van der Waals surface area contributed by atoms with Crippen molar-refractivity contribution in [3.05, 3.63) is 84.9 Å². The third-order valence-corrected chi connectivity index (χ3v) is 9.27. The van der Waals surface area contributed by atoms with Crippen molar-refractivity contribution in [2.45, 2.75) is 12.3 Å². The average Bonchev–Trinajstić information content (AvgIpc) is 3.64. The first-order valence-electron chi connectivity index (χ1n) is 11.3. The van der Waals surface area contributed by atoms with Gasteiger partial charge in [-0.15, -0.1) is 22.7 Å². The Morgan fingerprint density at radius 1 is 0.500 bits per heavy atom. The summed E-state index contributed by atoms with van der Waals surface area (Å²) in [6, 6.07) is 30.4. The van der Waals surface area contributed by atoms with Gasteiger partial charge >= 0.3 is 0 Å². The van der Waals surface area contributed by atoms with Crippen LogP contribution in [0.5, 0.6) is 0 Å². The molecule has 0 amide bonds. The maximum Gasteiger partial charge on any atom is 0.169 e. The Balaban J connectivity index is 1.22. The maximum atomic E-state index is 4.95. The Kier molecular flexibility index (Phi) is 3.78. The topological polar surface area (TPSA) is 31.2 Å². The first-order chi connectivity index (χ1) is 16.9. The van der Waals surface area contributed by atoms with Crippen LogP contribution in [0.25, 0.3) is 40.3 Å². The van der Waals surface area contributed by atoms with Crippen LogP contribution in [0.2, 0.25) is 0 Å². The Morgan fingerprint density at radius 3 is 1.44 bits per heavy atom. The summed E-state index contributed by atoms with van der Waals surface area (Å²) in [5.41, 5.74) is 2.35. The Labute approximate surface area is 203 Å². The van der Waals surface area contributed by atoms with Crippen molar-refractivity contribution in [3.63, 3.8) is 0 Å². The second kappa shape index (κ2) is 6.88. The normalized spacial score (nSPS) is 19.4.